The highest BCUT2D eigenvalue weighted by Crippen LogP contribution is 2.14. The van der Waals surface area contributed by atoms with Crippen LogP contribution in [0.2, 0.25) is 0 Å². The largest absolute Gasteiger partial charge is 0.481 e. The third kappa shape index (κ3) is 6.47. The second-order valence-corrected chi connectivity index (χ2v) is 4.02. The van der Waals surface area contributed by atoms with Gasteiger partial charge in [0, 0.05) is 13.0 Å². The summed E-state index contributed by atoms with van der Waals surface area (Å²) in [6.45, 7) is 2.82. The Labute approximate surface area is 91.0 Å². The van der Waals surface area contributed by atoms with Crippen LogP contribution < -0.4 is 5.32 Å². The molecule has 0 amide bonds. The molecule has 1 aliphatic rings. The second kappa shape index (κ2) is 7.65. The molecule has 1 heterocycles. The van der Waals surface area contributed by atoms with Crippen molar-refractivity contribution in [2.45, 2.75) is 44.6 Å². The summed E-state index contributed by atoms with van der Waals surface area (Å²) in [4.78, 5) is 10.2. The predicted molar refractivity (Wildman–Crippen MR) is 57.9 cm³/mol. The number of carboxylic acid groups (broad SMARTS) is 1. The highest BCUT2D eigenvalue weighted by atomic mass is 16.5. The first kappa shape index (κ1) is 12.5. The summed E-state index contributed by atoms with van der Waals surface area (Å²) in [6, 6.07) is 0. The van der Waals surface area contributed by atoms with Crippen molar-refractivity contribution in [1.82, 2.24) is 5.32 Å². The van der Waals surface area contributed by atoms with Gasteiger partial charge in [0.15, 0.2) is 0 Å². The SMILES string of the molecule is O=C(O)CCCCNCCC1CCCO1. The second-order valence-electron chi connectivity index (χ2n) is 4.02. The van der Waals surface area contributed by atoms with E-state index >= 15 is 0 Å². The van der Waals surface area contributed by atoms with Gasteiger partial charge < -0.3 is 15.2 Å². The number of nitrogens with one attached hydrogen (secondary N) is 1. The minimum atomic E-state index is -0.700. The maximum Gasteiger partial charge on any atom is 0.303 e. The van der Waals surface area contributed by atoms with Gasteiger partial charge in [0.2, 0.25) is 0 Å². The Bertz CT molecular complexity index is 179. The quantitative estimate of drug-likeness (QED) is 0.601. The lowest BCUT2D eigenvalue weighted by Crippen LogP contribution is -2.21. The first-order valence-electron chi connectivity index (χ1n) is 5.83. The minimum absolute atomic E-state index is 0.285. The van der Waals surface area contributed by atoms with E-state index in [-0.39, 0.29) is 6.42 Å². The van der Waals surface area contributed by atoms with E-state index in [0.29, 0.717) is 6.10 Å². The van der Waals surface area contributed by atoms with Gasteiger partial charge in [0.1, 0.15) is 0 Å². The van der Waals surface area contributed by atoms with Crippen molar-refractivity contribution >= 4 is 5.97 Å². The van der Waals surface area contributed by atoms with Crippen molar-refractivity contribution in [2.75, 3.05) is 19.7 Å². The summed E-state index contributed by atoms with van der Waals surface area (Å²) in [5.74, 6) is -0.700. The summed E-state index contributed by atoms with van der Waals surface area (Å²) in [5.41, 5.74) is 0. The average Bonchev–Trinajstić information content (AvgIpc) is 2.68. The van der Waals surface area contributed by atoms with Crippen LogP contribution in [0.4, 0.5) is 0 Å². The highest BCUT2D eigenvalue weighted by molar-refractivity contribution is 5.66. The van der Waals surface area contributed by atoms with Gasteiger partial charge in [-0.25, -0.2) is 0 Å². The smallest absolute Gasteiger partial charge is 0.303 e. The third-order valence-corrected chi connectivity index (χ3v) is 2.66. The van der Waals surface area contributed by atoms with Crippen LogP contribution >= 0.6 is 0 Å². The zero-order chi connectivity index (χ0) is 10.9. The topological polar surface area (TPSA) is 58.6 Å². The molecule has 88 valence electrons. The van der Waals surface area contributed by atoms with Crippen LogP contribution in [-0.2, 0) is 9.53 Å². The van der Waals surface area contributed by atoms with E-state index in [1.807, 2.05) is 0 Å². The molecule has 0 aromatic carbocycles. The lowest BCUT2D eigenvalue weighted by molar-refractivity contribution is -0.137. The van der Waals surface area contributed by atoms with Gasteiger partial charge in [-0.05, 0) is 45.2 Å². The van der Waals surface area contributed by atoms with Crippen molar-refractivity contribution < 1.29 is 14.6 Å². The van der Waals surface area contributed by atoms with Crippen molar-refractivity contribution in [3.8, 4) is 0 Å². The number of hydrogen-bond donors (Lipinski definition) is 2. The summed E-state index contributed by atoms with van der Waals surface area (Å²) >= 11 is 0. The summed E-state index contributed by atoms with van der Waals surface area (Å²) < 4.78 is 5.49. The van der Waals surface area contributed by atoms with E-state index in [0.717, 1.165) is 39.0 Å². The number of aliphatic carboxylic acids is 1. The molecule has 0 radical (unpaired) electrons. The molecular weight excluding hydrogens is 194 g/mol. The number of unbranched alkanes of at least 4 members (excludes halogenated alkanes) is 1. The lowest BCUT2D eigenvalue weighted by atomic mass is 10.2. The molecule has 0 bridgehead atoms. The molecule has 0 aromatic heterocycles. The number of rotatable bonds is 8. The van der Waals surface area contributed by atoms with Crippen LogP contribution in [0.3, 0.4) is 0 Å². The molecule has 15 heavy (non-hydrogen) atoms. The molecule has 1 saturated heterocycles. The predicted octanol–water partition coefficient (Wildman–Crippen LogP) is 1.40. The van der Waals surface area contributed by atoms with E-state index in [2.05, 4.69) is 5.32 Å². The Morgan fingerprint density at radius 2 is 2.27 bits per heavy atom. The number of hydrogen-bond acceptors (Lipinski definition) is 3. The molecule has 0 spiro atoms. The third-order valence-electron chi connectivity index (χ3n) is 2.66. The summed E-state index contributed by atoms with van der Waals surface area (Å²) in [5, 5.41) is 11.7. The zero-order valence-electron chi connectivity index (χ0n) is 9.21. The maximum atomic E-state index is 10.2. The summed E-state index contributed by atoms with van der Waals surface area (Å²) in [6.07, 6.45) is 5.92. The monoisotopic (exact) mass is 215 g/mol. The van der Waals surface area contributed by atoms with E-state index in [4.69, 9.17) is 9.84 Å². The van der Waals surface area contributed by atoms with E-state index < -0.39 is 5.97 Å². The molecule has 1 unspecified atom stereocenters. The van der Waals surface area contributed by atoms with E-state index in [1.165, 1.54) is 12.8 Å². The van der Waals surface area contributed by atoms with Crippen LogP contribution in [0.15, 0.2) is 0 Å². The van der Waals surface area contributed by atoms with E-state index in [9.17, 15) is 4.79 Å². The van der Waals surface area contributed by atoms with Crippen LogP contribution in [0.25, 0.3) is 0 Å². The molecule has 1 fully saturated rings. The van der Waals surface area contributed by atoms with Gasteiger partial charge in [-0.3, -0.25) is 4.79 Å². The fraction of sp³-hybridized carbons (Fsp3) is 0.909. The Balaban J connectivity index is 1.78. The Morgan fingerprint density at radius 1 is 1.40 bits per heavy atom. The first-order valence-corrected chi connectivity index (χ1v) is 5.83. The molecule has 4 heteroatoms. The maximum absolute atomic E-state index is 10.2. The van der Waals surface area contributed by atoms with Crippen LogP contribution in [-0.4, -0.2) is 36.9 Å². The number of ether oxygens (including phenoxy) is 1. The van der Waals surface area contributed by atoms with E-state index in [1.54, 1.807) is 0 Å². The standard InChI is InChI=1S/C11H21NO3/c13-11(14)5-1-2-7-12-8-6-10-4-3-9-15-10/h10,12H,1-9H2,(H,13,14). The molecule has 0 saturated carbocycles. The molecule has 1 aliphatic heterocycles. The molecule has 1 atom stereocenters. The van der Waals surface area contributed by atoms with Crippen molar-refractivity contribution in [2.24, 2.45) is 0 Å². The van der Waals surface area contributed by atoms with Crippen molar-refractivity contribution in [3.05, 3.63) is 0 Å². The summed E-state index contributed by atoms with van der Waals surface area (Å²) in [7, 11) is 0. The molecular formula is C11H21NO3. The normalized spacial score (nSPS) is 20.7. The fourth-order valence-corrected chi connectivity index (χ4v) is 1.79. The lowest BCUT2D eigenvalue weighted by Gasteiger charge is -2.09. The molecule has 0 aliphatic carbocycles. The molecule has 0 aromatic rings. The number of carboxylic acids is 1. The number of carbonyl (C=O) groups is 1. The average molecular weight is 215 g/mol. The highest BCUT2D eigenvalue weighted by Gasteiger charge is 2.14. The Hall–Kier alpha value is -0.610. The molecule has 1 rings (SSSR count). The van der Waals surface area contributed by atoms with Crippen LogP contribution in [0.1, 0.15) is 38.5 Å². The van der Waals surface area contributed by atoms with Gasteiger partial charge in [-0.2, -0.15) is 0 Å². The first-order chi connectivity index (χ1) is 7.29. The van der Waals surface area contributed by atoms with Crippen molar-refractivity contribution in [1.29, 1.82) is 0 Å². The van der Waals surface area contributed by atoms with Crippen molar-refractivity contribution in [3.63, 3.8) is 0 Å². The minimum Gasteiger partial charge on any atom is -0.481 e. The Morgan fingerprint density at radius 3 is 2.93 bits per heavy atom. The van der Waals surface area contributed by atoms with Gasteiger partial charge in [0.25, 0.3) is 0 Å². The molecule has 2 N–H and O–H groups in total. The zero-order valence-corrected chi connectivity index (χ0v) is 9.21. The van der Waals surface area contributed by atoms with Crippen LogP contribution in [0, 0.1) is 0 Å². The fourth-order valence-electron chi connectivity index (χ4n) is 1.79. The van der Waals surface area contributed by atoms with Gasteiger partial charge in [-0.15, -0.1) is 0 Å². The van der Waals surface area contributed by atoms with Gasteiger partial charge in [0.05, 0.1) is 6.10 Å². The van der Waals surface area contributed by atoms with Gasteiger partial charge in [-0.1, -0.05) is 0 Å². The molecule has 4 nitrogen and oxygen atoms in total. The Kier molecular flexibility index (Phi) is 6.36. The van der Waals surface area contributed by atoms with Gasteiger partial charge >= 0.3 is 5.97 Å². The van der Waals surface area contributed by atoms with Crippen LogP contribution in [0.5, 0.6) is 0 Å².